The van der Waals surface area contributed by atoms with Gasteiger partial charge in [-0.25, -0.2) is 0 Å². The number of nitrogens with one attached hydrogen (secondary N) is 2. The van der Waals surface area contributed by atoms with E-state index in [1.54, 1.807) is 37.6 Å². The number of nitrogen functional groups attached to an aromatic ring is 1. The highest BCUT2D eigenvalue weighted by Gasteiger charge is 2.34. The Labute approximate surface area is 251 Å². The summed E-state index contributed by atoms with van der Waals surface area (Å²) in [5, 5.41) is 10.4. The third-order valence-corrected chi connectivity index (χ3v) is 7.08. The van der Waals surface area contributed by atoms with Crippen LogP contribution in [0, 0.1) is 5.41 Å². The van der Waals surface area contributed by atoms with Gasteiger partial charge in [-0.1, -0.05) is 60.7 Å². The van der Waals surface area contributed by atoms with E-state index in [0.717, 1.165) is 11.1 Å². The molecule has 12 nitrogen and oxygen atoms in total. The van der Waals surface area contributed by atoms with E-state index in [2.05, 4.69) is 15.3 Å². The van der Waals surface area contributed by atoms with Crippen LogP contribution in [0.4, 0.5) is 0 Å². The number of aliphatic imine (C=N–C) groups is 1. The Kier molecular flexibility index (Phi) is 11.7. The predicted molar refractivity (Wildman–Crippen MR) is 166 cm³/mol. The van der Waals surface area contributed by atoms with Gasteiger partial charge in [0.15, 0.2) is 5.96 Å². The minimum absolute atomic E-state index is 0.0496. The third-order valence-electron chi connectivity index (χ3n) is 7.08. The zero-order valence-electron chi connectivity index (χ0n) is 24.1. The average molecular weight is 586 g/mol. The largest absolute Gasteiger partial charge is 0.384 e. The summed E-state index contributed by atoms with van der Waals surface area (Å²) >= 11 is 0. The lowest BCUT2D eigenvalue weighted by Crippen LogP contribution is -2.54. The van der Waals surface area contributed by atoms with Crippen molar-refractivity contribution in [1.82, 2.24) is 15.2 Å². The van der Waals surface area contributed by atoms with Crippen LogP contribution < -0.4 is 28.3 Å². The number of nitrogens with two attached hydrogens (primary N) is 4. The van der Waals surface area contributed by atoms with Crippen LogP contribution in [-0.2, 0) is 27.2 Å². The molecule has 1 heterocycles. The molecular weight excluding hydrogens is 546 g/mol. The molecule has 10 N–H and O–H groups in total. The van der Waals surface area contributed by atoms with Crippen molar-refractivity contribution in [3.63, 3.8) is 0 Å². The Bertz CT molecular complexity index is 1410. The van der Waals surface area contributed by atoms with Gasteiger partial charge < -0.3 is 33.2 Å². The quantitative estimate of drug-likeness (QED) is 0.0854. The van der Waals surface area contributed by atoms with E-state index in [4.69, 9.17) is 28.3 Å². The minimum atomic E-state index is -0.975. The minimum Gasteiger partial charge on any atom is -0.384 e. The third kappa shape index (κ3) is 9.66. The summed E-state index contributed by atoms with van der Waals surface area (Å²) < 4.78 is 0. The number of hydrogen-bond acceptors (Lipinski definition) is 6. The van der Waals surface area contributed by atoms with Gasteiger partial charge in [-0.05, 0) is 42.0 Å². The van der Waals surface area contributed by atoms with Crippen molar-refractivity contribution in [2.75, 3.05) is 13.6 Å². The molecule has 3 atom stereocenters. The standard InChI is InChI=1S/C31H39N9O3/c1-40(30(43)24(23-9-5-15-37-19-23)17-21-11-13-22(14-12-21)27(32)33)26(18-20-7-3-2-4-8-20)29(42)39-25(28(34)41)10-6-16-38-31(35)36/h2-5,7-9,11-15,19,24-26H,6,10,16-18H2,1H3,(H3,32,33)(H2,34,41)(H,39,42)(H4,35,36,38)/t24-,25+,26+/m1/s1. The second kappa shape index (κ2) is 15.7. The van der Waals surface area contributed by atoms with Crippen molar-refractivity contribution in [2.24, 2.45) is 27.9 Å². The molecule has 0 aliphatic rings. The number of primary amides is 1. The van der Waals surface area contributed by atoms with Gasteiger partial charge in [0, 0.05) is 38.0 Å². The first-order valence-corrected chi connectivity index (χ1v) is 13.9. The summed E-state index contributed by atoms with van der Waals surface area (Å²) in [5.41, 5.74) is 24.9. The summed E-state index contributed by atoms with van der Waals surface area (Å²) in [4.78, 5) is 49.7. The zero-order valence-corrected chi connectivity index (χ0v) is 24.1. The highest BCUT2D eigenvalue weighted by atomic mass is 16.2. The number of benzene rings is 2. The molecular formula is C31H39N9O3. The maximum atomic E-state index is 14.2. The van der Waals surface area contributed by atoms with E-state index in [1.807, 2.05) is 48.5 Å². The second-order valence-electron chi connectivity index (χ2n) is 10.2. The van der Waals surface area contributed by atoms with Crippen molar-refractivity contribution in [3.8, 4) is 0 Å². The van der Waals surface area contributed by atoms with Crippen LogP contribution in [0.1, 0.15) is 41.0 Å². The van der Waals surface area contributed by atoms with Gasteiger partial charge in [0.1, 0.15) is 17.9 Å². The Hall–Kier alpha value is -5.26. The van der Waals surface area contributed by atoms with Crippen LogP contribution in [0.5, 0.6) is 0 Å². The molecule has 1 aromatic heterocycles. The number of rotatable bonds is 15. The summed E-state index contributed by atoms with van der Waals surface area (Å²) in [6, 6.07) is 18.1. The highest BCUT2D eigenvalue weighted by molar-refractivity contribution is 5.95. The van der Waals surface area contributed by atoms with Crippen LogP contribution in [-0.4, -0.2) is 65.1 Å². The molecule has 12 heteroatoms. The molecule has 0 spiro atoms. The fourth-order valence-corrected chi connectivity index (χ4v) is 4.69. The average Bonchev–Trinajstić information content (AvgIpc) is 3.00. The molecule has 3 amide bonds. The summed E-state index contributed by atoms with van der Waals surface area (Å²) in [6.07, 6.45) is 4.42. The van der Waals surface area contributed by atoms with Gasteiger partial charge in [0.2, 0.25) is 17.7 Å². The summed E-state index contributed by atoms with van der Waals surface area (Å²) in [6.45, 7) is 0.272. The predicted octanol–water partition coefficient (Wildman–Crippen LogP) is 0.785. The van der Waals surface area contributed by atoms with Gasteiger partial charge in [0.25, 0.3) is 0 Å². The Morgan fingerprint density at radius 1 is 0.930 bits per heavy atom. The molecule has 0 aliphatic carbocycles. The zero-order chi connectivity index (χ0) is 31.4. The van der Waals surface area contributed by atoms with Crippen LogP contribution in [0.15, 0.2) is 84.1 Å². The lowest BCUT2D eigenvalue weighted by molar-refractivity contribution is -0.141. The van der Waals surface area contributed by atoms with Crippen LogP contribution >= 0.6 is 0 Å². The number of amides is 3. The van der Waals surface area contributed by atoms with Crippen molar-refractivity contribution in [3.05, 3.63) is 101 Å². The van der Waals surface area contributed by atoms with Crippen molar-refractivity contribution in [1.29, 1.82) is 5.41 Å². The molecule has 2 aromatic carbocycles. The second-order valence-corrected chi connectivity index (χ2v) is 10.2. The molecule has 0 saturated heterocycles. The first-order chi connectivity index (χ1) is 20.6. The van der Waals surface area contributed by atoms with E-state index in [-0.39, 0.29) is 37.1 Å². The van der Waals surface area contributed by atoms with Crippen LogP contribution in [0.25, 0.3) is 0 Å². The van der Waals surface area contributed by atoms with Crippen molar-refractivity contribution in [2.45, 2.75) is 43.7 Å². The van der Waals surface area contributed by atoms with E-state index >= 15 is 0 Å². The smallest absolute Gasteiger partial charge is 0.243 e. The van der Waals surface area contributed by atoms with Gasteiger partial charge >= 0.3 is 0 Å². The maximum absolute atomic E-state index is 14.2. The number of carbonyl (C=O) groups excluding carboxylic acids is 3. The van der Waals surface area contributed by atoms with Crippen LogP contribution in [0.2, 0.25) is 0 Å². The van der Waals surface area contributed by atoms with E-state index < -0.39 is 29.8 Å². The number of pyridine rings is 1. The number of hydrogen-bond donors (Lipinski definition) is 6. The molecule has 0 radical (unpaired) electrons. The van der Waals surface area contributed by atoms with Crippen molar-refractivity contribution < 1.29 is 14.4 Å². The number of aromatic nitrogens is 1. The molecule has 0 unspecified atom stereocenters. The molecule has 0 bridgehead atoms. The molecule has 0 fully saturated rings. The van der Waals surface area contributed by atoms with E-state index in [1.165, 1.54) is 4.90 Å². The van der Waals surface area contributed by atoms with Gasteiger partial charge in [0.05, 0.1) is 5.92 Å². The topological polar surface area (TPSA) is 220 Å². The SMILES string of the molecule is CN(C(=O)[C@H](Cc1ccc(C(=N)N)cc1)c1cccnc1)[C@@H](Cc1ccccc1)C(=O)N[C@@H](CCCN=C(N)N)C(N)=O. The molecule has 43 heavy (non-hydrogen) atoms. The fraction of sp³-hybridized carbons (Fsp3) is 0.290. The Morgan fingerprint density at radius 2 is 1.60 bits per heavy atom. The molecule has 3 rings (SSSR count). The highest BCUT2D eigenvalue weighted by Crippen LogP contribution is 2.25. The number of likely N-dealkylation sites (N-methyl/N-ethyl adjacent to an activating group) is 1. The van der Waals surface area contributed by atoms with Gasteiger partial charge in [-0.15, -0.1) is 0 Å². The van der Waals surface area contributed by atoms with Crippen LogP contribution in [0.3, 0.4) is 0 Å². The summed E-state index contributed by atoms with van der Waals surface area (Å²) in [7, 11) is 1.58. The Balaban J connectivity index is 1.90. The van der Waals surface area contributed by atoms with Gasteiger partial charge in [-0.3, -0.25) is 29.8 Å². The van der Waals surface area contributed by atoms with Gasteiger partial charge in [-0.2, -0.15) is 0 Å². The summed E-state index contributed by atoms with van der Waals surface area (Å²) in [5.74, 6) is -2.30. The number of amidine groups is 1. The molecule has 3 aromatic rings. The molecule has 0 aliphatic heterocycles. The normalized spacial score (nSPS) is 12.8. The molecule has 226 valence electrons. The number of carbonyl (C=O) groups is 3. The lowest BCUT2D eigenvalue weighted by Gasteiger charge is -2.32. The van der Waals surface area contributed by atoms with E-state index in [9.17, 15) is 14.4 Å². The van der Waals surface area contributed by atoms with Crippen molar-refractivity contribution >= 4 is 29.5 Å². The maximum Gasteiger partial charge on any atom is 0.243 e. The number of guanidine groups is 1. The monoisotopic (exact) mass is 585 g/mol. The first-order valence-electron chi connectivity index (χ1n) is 13.9. The number of nitrogens with zero attached hydrogens (tertiary/aromatic N) is 3. The molecule has 0 saturated carbocycles. The first kappa shape index (κ1) is 32.3. The lowest BCUT2D eigenvalue weighted by atomic mass is 9.90. The fourth-order valence-electron chi connectivity index (χ4n) is 4.69. The van der Waals surface area contributed by atoms with E-state index in [0.29, 0.717) is 24.0 Å². The Morgan fingerprint density at radius 3 is 2.19 bits per heavy atom.